The summed E-state index contributed by atoms with van der Waals surface area (Å²) in [5.74, 6) is 1.79. The van der Waals surface area contributed by atoms with E-state index in [9.17, 15) is 4.79 Å². The summed E-state index contributed by atoms with van der Waals surface area (Å²) in [6.07, 6.45) is 2.55. The molecule has 0 bridgehead atoms. The van der Waals surface area contributed by atoms with E-state index in [1.54, 1.807) is 7.11 Å². The molecule has 1 aromatic heterocycles. The molecule has 0 spiro atoms. The molecule has 3 heterocycles. The van der Waals surface area contributed by atoms with Crippen LogP contribution in [0.15, 0.2) is 72.9 Å². The van der Waals surface area contributed by atoms with Crippen LogP contribution < -0.4 is 19.9 Å². The topological polar surface area (TPSA) is 57.7 Å². The van der Waals surface area contributed by atoms with Crippen LogP contribution in [0, 0.1) is 5.92 Å². The molecule has 6 nitrogen and oxygen atoms in total. The van der Waals surface area contributed by atoms with Crippen LogP contribution in [0.4, 0.5) is 11.5 Å². The Kier molecular flexibility index (Phi) is 5.67. The Bertz CT molecular complexity index is 1070. The number of anilines is 2. The Morgan fingerprint density at radius 1 is 1.09 bits per heavy atom. The number of hydrogen-bond donors (Lipinski definition) is 1. The molecule has 1 saturated heterocycles. The predicted molar refractivity (Wildman–Crippen MR) is 126 cm³/mol. The average Bonchev–Trinajstić information content (AvgIpc) is 2.87. The van der Waals surface area contributed by atoms with Gasteiger partial charge in [-0.1, -0.05) is 42.5 Å². The van der Waals surface area contributed by atoms with Gasteiger partial charge in [0.2, 0.25) is 5.91 Å². The fourth-order valence-electron chi connectivity index (χ4n) is 4.87. The second-order valence-electron chi connectivity index (χ2n) is 8.40. The third-order valence-corrected chi connectivity index (χ3v) is 6.54. The number of fused-ring (bicyclic) bond motifs is 3. The van der Waals surface area contributed by atoms with Crippen LogP contribution in [-0.4, -0.2) is 43.7 Å². The molecule has 0 radical (unpaired) electrons. The lowest BCUT2D eigenvalue weighted by Crippen LogP contribution is -2.61. The lowest BCUT2D eigenvalue weighted by molar-refractivity contribution is -0.126. The number of carbonyl (C=O) groups excluding carboxylic acids is 1. The third-order valence-electron chi connectivity index (χ3n) is 6.54. The molecule has 0 saturated carbocycles. The largest absolute Gasteiger partial charge is 0.497 e. The number of piperazine rings is 1. The molecule has 6 heteroatoms. The summed E-state index contributed by atoms with van der Waals surface area (Å²) in [7, 11) is 1.70. The molecule has 1 N–H and O–H groups in total. The standard InChI is InChI=1S/C26H28N4O2/c1-32-21-11-10-20-15-22(26(31)28-17-19-7-3-2-4-8-19)24-18-29(25-9-5-6-12-27-25)13-14-30(24)23(20)16-21/h2-12,16,22,24H,13-15,17-18H2,1H3,(H,28,31)/t22-,24-/m0/s1. The van der Waals surface area contributed by atoms with E-state index in [-0.39, 0.29) is 17.9 Å². The number of pyridine rings is 1. The van der Waals surface area contributed by atoms with Crippen molar-refractivity contribution in [2.24, 2.45) is 5.92 Å². The second kappa shape index (κ2) is 8.91. The quantitative estimate of drug-likeness (QED) is 0.676. The first-order valence-electron chi connectivity index (χ1n) is 11.1. The zero-order valence-electron chi connectivity index (χ0n) is 18.3. The highest BCUT2D eigenvalue weighted by Crippen LogP contribution is 2.38. The van der Waals surface area contributed by atoms with Gasteiger partial charge in [0.1, 0.15) is 11.6 Å². The molecular formula is C26H28N4O2. The smallest absolute Gasteiger partial charge is 0.225 e. The third kappa shape index (κ3) is 4.00. The maximum Gasteiger partial charge on any atom is 0.225 e. The number of carbonyl (C=O) groups is 1. The second-order valence-corrected chi connectivity index (χ2v) is 8.40. The lowest BCUT2D eigenvalue weighted by Gasteiger charge is -2.49. The number of aromatic nitrogens is 1. The van der Waals surface area contributed by atoms with Crippen molar-refractivity contribution >= 4 is 17.4 Å². The van der Waals surface area contributed by atoms with Gasteiger partial charge in [-0.15, -0.1) is 0 Å². The average molecular weight is 429 g/mol. The molecule has 5 rings (SSSR count). The van der Waals surface area contributed by atoms with E-state index in [4.69, 9.17) is 4.74 Å². The molecule has 32 heavy (non-hydrogen) atoms. The van der Waals surface area contributed by atoms with Gasteiger partial charge in [-0.2, -0.15) is 0 Å². The molecule has 3 aromatic rings. The van der Waals surface area contributed by atoms with Crippen molar-refractivity contribution in [2.75, 3.05) is 36.5 Å². The van der Waals surface area contributed by atoms with E-state index in [0.717, 1.165) is 43.2 Å². The predicted octanol–water partition coefficient (Wildman–Crippen LogP) is 3.27. The number of nitrogens with zero attached hydrogens (tertiary/aromatic N) is 3. The maximum atomic E-state index is 13.4. The van der Waals surface area contributed by atoms with E-state index in [0.29, 0.717) is 6.54 Å². The van der Waals surface area contributed by atoms with Gasteiger partial charge in [-0.05, 0) is 35.7 Å². The van der Waals surface area contributed by atoms with Crippen LogP contribution in [0.2, 0.25) is 0 Å². The van der Waals surface area contributed by atoms with E-state index >= 15 is 0 Å². The van der Waals surface area contributed by atoms with Crippen LogP contribution in [-0.2, 0) is 17.8 Å². The molecule has 1 amide bonds. The summed E-state index contributed by atoms with van der Waals surface area (Å²) in [4.78, 5) is 22.6. The van der Waals surface area contributed by atoms with Gasteiger partial charge in [0.05, 0.1) is 19.1 Å². The van der Waals surface area contributed by atoms with Gasteiger partial charge >= 0.3 is 0 Å². The minimum Gasteiger partial charge on any atom is -0.497 e. The first kappa shape index (κ1) is 20.4. The van der Waals surface area contributed by atoms with Crippen LogP contribution >= 0.6 is 0 Å². The summed E-state index contributed by atoms with van der Waals surface area (Å²) < 4.78 is 5.49. The molecule has 2 aromatic carbocycles. The van der Waals surface area contributed by atoms with Crippen molar-refractivity contribution in [1.29, 1.82) is 0 Å². The summed E-state index contributed by atoms with van der Waals surface area (Å²) in [6, 6.07) is 22.3. The number of ether oxygens (including phenoxy) is 1. The summed E-state index contributed by atoms with van der Waals surface area (Å²) in [6.45, 7) is 3.01. The van der Waals surface area contributed by atoms with Crippen molar-refractivity contribution in [2.45, 2.75) is 19.0 Å². The number of rotatable bonds is 5. The fraction of sp³-hybridized carbons (Fsp3) is 0.308. The Hall–Kier alpha value is -3.54. The minimum atomic E-state index is -0.133. The summed E-state index contributed by atoms with van der Waals surface area (Å²) in [5.41, 5.74) is 3.49. The van der Waals surface area contributed by atoms with Crippen molar-refractivity contribution in [3.63, 3.8) is 0 Å². The van der Waals surface area contributed by atoms with Crippen LogP contribution in [0.25, 0.3) is 0 Å². The monoisotopic (exact) mass is 428 g/mol. The number of nitrogens with one attached hydrogen (secondary N) is 1. The minimum absolute atomic E-state index is 0.0705. The number of hydrogen-bond acceptors (Lipinski definition) is 5. The van der Waals surface area contributed by atoms with Gasteiger partial charge in [0.15, 0.2) is 0 Å². The number of methoxy groups -OCH3 is 1. The Labute approximate surface area is 188 Å². The number of amides is 1. The van der Waals surface area contributed by atoms with Gasteiger partial charge in [-0.3, -0.25) is 4.79 Å². The first-order valence-corrected chi connectivity index (χ1v) is 11.1. The van der Waals surface area contributed by atoms with E-state index in [1.165, 1.54) is 11.3 Å². The highest BCUT2D eigenvalue weighted by molar-refractivity contribution is 5.82. The first-order chi connectivity index (χ1) is 15.7. The fourth-order valence-corrected chi connectivity index (χ4v) is 4.87. The van der Waals surface area contributed by atoms with Gasteiger partial charge in [0, 0.05) is 44.1 Å². The highest BCUT2D eigenvalue weighted by Gasteiger charge is 2.41. The summed E-state index contributed by atoms with van der Waals surface area (Å²) >= 11 is 0. The van der Waals surface area contributed by atoms with Gasteiger partial charge in [0.25, 0.3) is 0 Å². The molecular weight excluding hydrogens is 400 g/mol. The Morgan fingerprint density at radius 2 is 1.94 bits per heavy atom. The lowest BCUT2D eigenvalue weighted by atomic mass is 9.83. The maximum absolute atomic E-state index is 13.4. The molecule has 0 aliphatic carbocycles. The van der Waals surface area contributed by atoms with E-state index < -0.39 is 0 Å². The molecule has 1 fully saturated rings. The van der Waals surface area contributed by atoms with Crippen LogP contribution in [0.1, 0.15) is 11.1 Å². The normalized spacial score (nSPS) is 19.7. The van der Waals surface area contributed by atoms with E-state index in [2.05, 4.69) is 32.2 Å². The molecule has 0 unspecified atom stereocenters. The molecule has 2 aliphatic rings. The van der Waals surface area contributed by atoms with Crippen molar-refractivity contribution in [1.82, 2.24) is 10.3 Å². The van der Waals surface area contributed by atoms with Crippen LogP contribution in [0.3, 0.4) is 0 Å². The highest BCUT2D eigenvalue weighted by atomic mass is 16.5. The van der Waals surface area contributed by atoms with E-state index in [1.807, 2.05) is 60.8 Å². The van der Waals surface area contributed by atoms with Crippen molar-refractivity contribution < 1.29 is 9.53 Å². The molecule has 2 aliphatic heterocycles. The zero-order chi connectivity index (χ0) is 21.9. The van der Waals surface area contributed by atoms with Crippen molar-refractivity contribution in [3.05, 3.63) is 84.1 Å². The molecule has 2 atom stereocenters. The summed E-state index contributed by atoms with van der Waals surface area (Å²) in [5, 5.41) is 3.19. The zero-order valence-corrected chi connectivity index (χ0v) is 18.3. The Morgan fingerprint density at radius 3 is 2.72 bits per heavy atom. The number of benzene rings is 2. The van der Waals surface area contributed by atoms with Crippen LogP contribution in [0.5, 0.6) is 5.75 Å². The SMILES string of the molecule is COc1ccc2c(c1)N1CCN(c3ccccn3)C[C@H]1[C@@H](C(=O)NCc1ccccc1)C2. The van der Waals surface area contributed by atoms with Gasteiger partial charge < -0.3 is 19.9 Å². The van der Waals surface area contributed by atoms with Crippen molar-refractivity contribution in [3.8, 4) is 5.75 Å². The Balaban J connectivity index is 1.42. The van der Waals surface area contributed by atoms with Gasteiger partial charge in [-0.25, -0.2) is 4.98 Å². The molecule has 164 valence electrons.